The van der Waals surface area contributed by atoms with Crippen molar-refractivity contribution in [3.63, 3.8) is 0 Å². The van der Waals surface area contributed by atoms with E-state index in [0.717, 1.165) is 19.5 Å². The molecule has 1 aromatic rings. The van der Waals surface area contributed by atoms with Crippen molar-refractivity contribution in [3.05, 3.63) is 33.4 Å². The number of nitrogens with one attached hydrogen (secondary N) is 1. The van der Waals surface area contributed by atoms with E-state index in [-0.39, 0.29) is 5.54 Å². The van der Waals surface area contributed by atoms with Crippen LogP contribution >= 0.6 is 22.6 Å². The Morgan fingerprint density at radius 2 is 1.68 bits per heavy atom. The van der Waals surface area contributed by atoms with Gasteiger partial charge < -0.3 is 5.32 Å². The van der Waals surface area contributed by atoms with Gasteiger partial charge in [-0.05, 0) is 80.7 Å². The highest BCUT2D eigenvalue weighted by Gasteiger charge is 2.32. The lowest BCUT2D eigenvalue weighted by atomic mass is 9.87. The van der Waals surface area contributed by atoms with Crippen LogP contribution in [0.25, 0.3) is 0 Å². The Labute approximate surface area is 132 Å². The Bertz CT molecular complexity index is 369. The Kier molecular flexibility index (Phi) is 6.77. The molecule has 0 aliphatic rings. The van der Waals surface area contributed by atoms with Crippen LogP contribution in [0.4, 0.5) is 0 Å². The smallest absolute Gasteiger partial charge is 0.0309 e. The number of hydrogen-bond acceptors (Lipinski definition) is 2. The third kappa shape index (κ3) is 4.43. The third-order valence-electron chi connectivity index (χ3n) is 4.13. The maximum absolute atomic E-state index is 3.51. The largest absolute Gasteiger partial charge is 0.315 e. The predicted molar refractivity (Wildman–Crippen MR) is 92.7 cm³/mol. The van der Waals surface area contributed by atoms with E-state index < -0.39 is 0 Å². The highest BCUT2D eigenvalue weighted by molar-refractivity contribution is 14.1. The fourth-order valence-corrected chi connectivity index (χ4v) is 3.18. The molecule has 0 heterocycles. The molecule has 0 radical (unpaired) electrons. The van der Waals surface area contributed by atoms with Crippen LogP contribution < -0.4 is 5.32 Å². The lowest BCUT2D eigenvalue weighted by Crippen LogP contribution is -2.57. The summed E-state index contributed by atoms with van der Waals surface area (Å²) in [6.07, 6.45) is 1.07. The van der Waals surface area contributed by atoms with Crippen molar-refractivity contribution in [2.24, 2.45) is 0 Å². The molecule has 0 amide bonds. The number of halogens is 1. The van der Waals surface area contributed by atoms with Crippen molar-refractivity contribution < 1.29 is 0 Å². The van der Waals surface area contributed by atoms with E-state index >= 15 is 0 Å². The Morgan fingerprint density at radius 1 is 1.16 bits per heavy atom. The lowest BCUT2D eigenvalue weighted by Gasteiger charge is -2.43. The first-order chi connectivity index (χ1) is 8.95. The molecule has 0 fully saturated rings. The van der Waals surface area contributed by atoms with Gasteiger partial charge in [-0.2, -0.15) is 0 Å². The highest BCUT2D eigenvalue weighted by Crippen LogP contribution is 2.22. The van der Waals surface area contributed by atoms with Crippen molar-refractivity contribution in [1.82, 2.24) is 10.2 Å². The normalized spacial score (nSPS) is 13.8. The van der Waals surface area contributed by atoms with Crippen LogP contribution in [0.5, 0.6) is 0 Å². The summed E-state index contributed by atoms with van der Waals surface area (Å²) in [4.78, 5) is 2.53. The molecule has 0 bridgehead atoms. The molecule has 3 heteroatoms. The Balaban J connectivity index is 2.84. The van der Waals surface area contributed by atoms with Crippen LogP contribution in [0, 0.1) is 3.57 Å². The molecule has 0 spiro atoms. The van der Waals surface area contributed by atoms with Crippen molar-refractivity contribution in [3.8, 4) is 0 Å². The van der Waals surface area contributed by atoms with Crippen LogP contribution in [0.2, 0.25) is 0 Å². The summed E-state index contributed by atoms with van der Waals surface area (Å²) >= 11 is 2.35. The number of nitrogens with zero attached hydrogens (tertiary/aromatic N) is 1. The monoisotopic (exact) mass is 374 g/mol. The summed E-state index contributed by atoms with van der Waals surface area (Å²) in [5.41, 5.74) is 1.56. The fourth-order valence-electron chi connectivity index (χ4n) is 2.82. The molecule has 108 valence electrons. The first kappa shape index (κ1) is 16.9. The summed E-state index contributed by atoms with van der Waals surface area (Å²) in [7, 11) is 2.07. The van der Waals surface area contributed by atoms with Gasteiger partial charge in [0.2, 0.25) is 0 Å². The van der Waals surface area contributed by atoms with Gasteiger partial charge in [0.1, 0.15) is 0 Å². The molecule has 2 nitrogen and oxygen atoms in total. The molecule has 0 aromatic heterocycles. The van der Waals surface area contributed by atoms with Crippen LogP contribution in [0.3, 0.4) is 0 Å². The second-order valence-corrected chi connectivity index (χ2v) is 6.74. The lowest BCUT2D eigenvalue weighted by molar-refractivity contribution is 0.0944. The Morgan fingerprint density at radius 3 is 2.11 bits per heavy atom. The van der Waals surface area contributed by atoms with Gasteiger partial charge >= 0.3 is 0 Å². The third-order valence-corrected chi connectivity index (χ3v) is 4.85. The molecule has 1 rings (SSSR count). The molecule has 1 unspecified atom stereocenters. The van der Waals surface area contributed by atoms with Gasteiger partial charge in [-0.3, -0.25) is 4.90 Å². The average molecular weight is 374 g/mol. The van der Waals surface area contributed by atoms with Crippen LogP contribution in [0.1, 0.15) is 33.3 Å². The molecule has 0 saturated carbocycles. The minimum atomic E-state index is 0.154. The van der Waals surface area contributed by atoms with Gasteiger partial charge in [0.15, 0.2) is 0 Å². The van der Waals surface area contributed by atoms with Crippen molar-refractivity contribution in [1.29, 1.82) is 0 Å². The molecule has 19 heavy (non-hydrogen) atoms. The minimum Gasteiger partial charge on any atom is -0.315 e. The van der Waals surface area contributed by atoms with Crippen molar-refractivity contribution in [2.75, 3.05) is 20.1 Å². The van der Waals surface area contributed by atoms with Crippen molar-refractivity contribution in [2.45, 2.75) is 45.7 Å². The summed E-state index contributed by atoms with van der Waals surface area (Å²) in [5.74, 6) is 0. The average Bonchev–Trinajstić information content (AvgIpc) is 2.38. The first-order valence-electron chi connectivity index (χ1n) is 7.12. The number of hydrogen-bond donors (Lipinski definition) is 1. The standard InChI is InChI=1S/C16H27IN2/c1-6-19(7-2)16(3,4)15(18-5)12-13-8-10-14(17)11-9-13/h8-11,15,18H,6-7,12H2,1-5H3. The minimum absolute atomic E-state index is 0.154. The SMILES string of the molecule is CCN(CC)C(C)(C)C(Cc1ccc(I)cc1)NC. The van der Waals surface area contributed by atoms with E-state index in [1.54, 1.807) is 0 Å². The van der Waals surface area contributed by atoms with Gasteiger partial charge in [-0.25, -0.2) is 0 Å². The maximum Gasteiger partial charge on any atom is 0.0309 e. The van der Waals surface area contributed by atoms with E-state index in [0.29, 0.717) is 6.04 Å². The van der Waals surface area contributed by atoms with E-state index in [9.17, 15) is 0 Å². The van der Waals surface area contributed by atoms with Gasteiger partial charge in [-0.15, -0.1) is 0 Å². The molecule has 0 saturated heterocycles. The molecule has 1 aromatic carbocycles. The molecule has 1 atom stereocenters. The predicted octanol–water partition coefficient (Wildman–Crippen LogP) is 3.54. The van der Waals surface area contributed by atoms with E-state index in [4.69, 9.17) is 0 Å². The van der Waals surface area contributed by atoms with E-state index in [2.05, 4.69) is 91.8 Å². The zero-order valence-electron chi connectivity index (χ0n) is 12.8. The zero-order chi connectivity index (χ0) is 14.5. The zero-order valence-corrected chi connectivity index (χ0v) is 15.0. The summed E-state index contributed by atoms with van der Waals surface area (Å²) in [6, 6.07) is 9.31. The summed E-state index contributed by atoms with van der Waals surface area (Å²) in [5, 5.41) is 3.51. The molecular weight excluding hydrogens is 347 g/mol. The second-order valence-electron chi connectivity index (χ2n) is 5.50. The van der Waals surface area contributed by atoms with E-state index in [1.165, 1.54) is 9.13 Å². The summed E-state index contributed by atoms with van der Waals surface area (Å²) in [6.45, 7) is 11.3. The van der Waals surface area contributed by atoms with Crippen LogP contribution in [-0.2, 0) is 6.42 Å². The van der Waals surface area contributed by atoms with Gasteiger partial charge in [0, 0.05) is 15.2 Å². The quantitative estimate of drug-likeness (QED) is 0.735. The van der Waals surface area contributed by atoms with Crippen LogP contribution in [0.15, 0.2) is 24.3 Å². The summed E-state index contributed by atoms with van der Waals surface area (Å²) < 4.78 is 1.30. The van der Waals surface area contributed by atoms with Crippen molar-refractivity contribution >= 4 is 22.6 Å². The number of rotatable bonds is 7. The van der Waals surface area contributed by atoms with Gasteiger partial charge in [-0.1, -0.05) is 26.0 Å². The van der Waals surface area contributed by atoms with Gasteiger partial charge in [0.05, 0.1) is 0 Å². The van der Waals surface area contributed by atoms with Crippen LogP contribution in [-0.4, -0.2) is 36.6 Å². The van der Waals surface area contributed by atoms with Gasteiger partial charge in [0.25, 0.3) is 0 Å². The number of likely N-dealkylation sites (N-methyl/N-ethyl adjacent to an activating group) is 2. The highest BCUT2D eigenvalue weighted by atomic mass is 127. The number of benzene rings is 1. The molecule has 0 aliphatic heterocycles. The maximum atomic E-state index is 3.51. The van der Waals surface area contributed by atoms with E-state index in [1.807, 2.05) is 0 Å². The molecule has 1 N–H and O–H groups in total. The first-order valence-corrected chi connectivity index (χ1v) is 8.20. The molecule has 0 aliphatic carbocycles. The fraction of sp³-hybridized carbons (Fsp3) is 0.625. The topological polar surface area (TPSA) is 15.3 Å². The molecular formula is C16H27IN2. The second kappa shape index (κ2) is 7.60. The Hall–Kier alpha value is -0.130.